The molecule has 0 aliphatic heterocycles. The fourth-order valence-corrected chi connectivity index (χ4v) is 1.20. The molecule has 7 heteroatoms. The van der Waals surface area contributed by atoms with Gasteiger partial charge >= 0.3 is 18.0 Å². The number of urea groups is 1. The summed E-state index contributed by atoms with van der Waals surface area (Å²) in [6.07, 6.45) is 4.55. The highest BCUT2D eigenvalue weighted by Gasteiger charge is 2.22. The summed E-state index contributed by atoms with van der Waals surface area (Å²) in [5.74, 6) is -0.120. The van der Waals surface area contributed by atoms with Gasteiger partial charge in [-0.05, 0) is 13.3 Å². The van der Waals surface area contributed by atoms with Gasteiger partial charge in [0.05, 0.1) is 6.54 Å². The van der Waals surface area contributed by atoms with E-state index >= 15 is 0 Å². The van der Waals surface area contributed by atoms with Crippen LogP contribution in [0.5, 0.6) is 0 Å². The van der Waals surface area contributed by atoms with Gasteiger partial charge in [-0.25, -0.2) is 9.59 Å². The van der Waals surface area contributed by atoms with Gasteiger partial charge in [0.1, 0.15) is 6.04 Å². The fourth-order valence-electron chi connectivity index (χ4n) is 1.20. The van der Waals surface area contributed by atoms with E-state index in [0.717, 1.165) is 0 Å². The Labute approximate surface area is 105 Å². The number of nitrogens with zero attached hydrogens (tertiary/aromatic N) is 1. The van der Waals surface area contributed by atoms with Crippen LogP contribution in [0.2, 0.25) is 0 Å². The lowest BCUT2D eigenvalue weighted by Crippen LogP contribution is -2.48. The van der Waals surface area contributed by atoms with Gasteiger partial charge < -0.3 is 20.4 Å². The molecule has 0 saturated carbocycles. The van der Waals surface area contributed by atoms with Gasteiger partial charge in [-0.2, -0.15) is 0 Å². The molecular weight excluding hydrogens is 240 g/mol. The Morgan fingerprint density at radius 3 is 2.39 bits per heavy atom. The van der Waals surface area contributed by atoms with Crippen LogP contribution in [0.15, 0.2) is 0 Å². The minimum Gasteiger partial charge on any atom is -0.481 e. The molecular formula is C11H16N2O5. The van der Waals surface area contributed by atoms with Gasteiger partial charge in [0.2, 0.25) is 0 Å². The van der Waals surface area contributed by atoms with E-state index in [1.165, 1.54) is 4.90 Å². The van der Waals surface area contributed by atoms with Crippen molar-refractivity contribution >= 4 is 18.0 Å². The molecule has 18 heavy (non-hydrogen) atoms. The predicted molar refractivity (Wildman–Crippen MR) is 62.9 cm³/mol. The van der Waals surface area contributed by atoms with Crippen molar-refractivity contribution in [1.82, 2.24) is 10.2 Å². The molecule has 0 bridgehead atoms. The van der Waals surface area contributed by atoms with E-state index < -0.39 is 24.0 Å². The number of hydrogen-bond donors (Lipinski definition) is 3. The Bertz CT molecular complexity index is 361. The number of terminal acetylenes is 1. The summed E-state index contributed by atoms with van der Waals surface area (Å²) in [5, 5.41) is 19.6. The third kappa shape index (κ3) is 5.75. The number of hydrogen-bond acceptors (Lipinski definition) is 3. The van der Waals surface area contributed by atoms with Crippen LogP contribution in [0.1, 0.15) is 19.8 Å². The quantitative estimate of drug-likeness (QED) is 0.554. The largest absolute Gasteiger partial charge is 0.481 e. The number of amides is 2. The van der Waals surface area contributed by atoms with Crippen molar-refractivity contribution in [2.75, 3.05) is 13.1 Å². The lowest BCUT2D eigenvalue weighted by atomic mass is 10.1. The molecule has 0 aromatic rings. The zero-order chi connectivity index (χ0) is 14.1. The van der Waals surface area contributed by atoms with Gasteiger partial charge in [0.15, 0.2) is 0 Å². The summed E-state index contributed by atoms with van der Waals surface area (Å²) in [5.41, 5.74) is 0. The van der Waals surface area contributed by atoms with Crippen molar-refractivity contribution < 1.29 is 24.6 Å². The van der Waals surface area contributed by atoms with Crippen molar-refractivity contribution in [1.29, 1.82) is 0 Å². The van der Waals surface area contributed by atoms with E-state index in [2.05, 4.69) is 11.2 Å². The van der Waals surface area contributed by atoms with Crippen LogP contribution in [-0.2, 0) is 9.59 Å². The first-order valence-corrected chi connectivity index (χ1v) is 5.35. The smallest absolute Gasteiger partial charge is 0.326 e. The maximum Gasteiger partial charge on any atom is 0.326 e. The van der Waals surface area contributed by atoms with Crippen LogP contribution in [-0.4, -0.2) is 52.2 Å². The summed E-state index contributed by atoms with van der Waals surface area (Å²) in [6, 6.07) is -1.85. The zero-order valence-electron chi connectivity index (χ0n) is 10.0. The molecule has 0 fully saturated rings. The second-order valence-electron chi connectivity index (χ2n) is 3.49. The molecule has 0 saturated heterocycles. The minimum absolute atomic E-state index is 0.0631. The molecule has 0 spiro atoms. The summed E-state index contributed by atoms with van der Waals surface area (Å²) < 4.78 is 0. The molecule has 0 aromatic heterocycles. The lowest BCUT2D eigenvalue weighted by molar-refractivity contribution is -0.140. The van der Waals surface area contributed by atoms with Gasteiger partial charge in [-0.15, -0.1) is 6.42 Å². The second-order valence-corrected chi connectivity index (χ2v) is 3.49. The number of carbonyl (C=O) groups excluding carboxylic acids is 1. The van der Waals surface area contributed by atoms with Crippen LogP contribution in [0, 0.1) is 12.3 Å². The van der Waals surface area contributed by atoms with Crippen LogP contribution >= 0.6 is 0 Å². The molecule has 0 heterocycles. The molecule has 100 valence electrons. The van der Waals surface area contributed by atoms with Gasteiger partial charge in [-0.1, -0.05) is 5.92 Å². The predicted octanol–water partition coefficient (Wildman–Crippen LogP) is -0.0309. The summed E-state index contributed by atoms with van der Waals surface area (Å²) in [6.45, 7) is 2.10. The van der Waals surface area contributed by atoms with Crippen molar-refractivity contribution in [2.24, 2.45) is 0 Å². The normalized spacial score (nSPS) is 11.1. The first kappa shape index (κ1) is 15.8. The second kappa shape index (κ2) is 7.95. The van der Waals surface area contributed by atoms with E-state index in [1.54, 1.807) is 6.92 Å². The Morgan fingerprint density at radius 1 is 1.39 bits per heavy atom. The van der Waals surface area contributed by atoms with Gasteiger partial charge in [0.25, 0.3) is 0 Å². The van der Waals surface area contributed by atoms with E-state index in [0.29, 0.717) is 6.54 Å². The van der Waals surface area contributed by atoms with E-state index in [-0.39, 0.29) is 19.4 Å². The highest BCUT2D eigenvalue weighted by atomic mass is 16.4. The average Bonchev–Trinajstić information content (AvgIpc) is 2.30. The van der Waals surface area contributed by atoms with Crippen molar-refractivity contribution in [3.63, 3.8) is 0 Å². The number of rotatable bonds is 7. The Kier molecular flexibility index (Phi) is 6.96. The third-order valence-electron chi connectivity index (χ3n) is 2.19. The number of nitrogens with one attached hydrogen (secondary N) is 1. The van der Waals surface area contributed by atoms with Gasteiger partial charge in [-0.3, -0.25) is 4.79 Å². The third-order valence-corrected chi connectivity index (χ3v) is 2.19. The molecule has 1 atom stereocenters. The summed E-state index contributed by atoms with van der Waals surface area (Å²) >= 11 is 0. The van der Waals surface area contributed by atoms with Crippen LogP contribution in [0.3, 0.4) is 0 Å². The van der Waals surface area contributed by atoms with Crippen LogP contribution < -0.4 is 5.32 Å². The van der Waals surface area contributed by atoms with Crippen LogP contribution in [0.25, 0.3) is 0 Å². The fraction of sp³-hybridized carbons (Fsp3) is 0.545. The number of aliphatic carboxylic acids is 2. The van der Waals surface area contributed by atoms with E-state index in [4.69, 9.17) is 16.6 Å². The Hall–Kier alpha value is -2.23. The average molecular weight is 256 g/mol. The van der Waals surface area contributed by atoms with Crippen molar-refractivity contribution in [3.05, 3.63) is 0 Å². The van der Waals surface area contributed by atoms with Crippen LogP contribution in [0.4, 0.5) is 4.79 Å². The van der Waals surface area contributed by atoms with E-state index in [9.17, 15) is 14.4 Å². The Morgan fingerprint density at radius 2 is 2.00 bits per heavy atom. The Balaban J connectivity index is 4.48. The number of carboxylic acid groups (broad SMARTS) is 2. The first-order chi connectivity index (χ1) is 8.42. The van der Waals surface area contributed by atoms with Crippen molar-refractivity contribution in [3.8, 4) is 12.3 Å². The molecule has 7 nitrogen and oxygen atoms in total. The molecule has 0 aromatic carbocycles. The molecule has 0 aliphatic carbocycles. The first-order valence-electron chi connectivity index (χ1n) is 5.35. The summed E-state index contributed by atoms with van der Waals surface area (Å²) in [4.78, 5) is 34.1. The molecule has 1 unspecified atom stereocenters. The molecule has 0 rings (SSSR count). The molecule has 3 N–H and O–H groups in total. The molecule has 2 amide bonds. The monoisotopic (exact) mass is 256 g/mol. The zero-order valence-corrected chi connectivity index (χ0v) is 10.0. The highest BCUT2D eigenvalue weighted by Crippen LogP contribution is 2.00. The number of carboxylic acids is 2. The van der Waals surface area contributed by atoms with Gasteiger partial charge in [0, 0.05) is 13.0 Å². The number of carbonyl (C=O) groups is 3. The standard InChI is InChI=1S/C11H16N2O5/c1-3-7-13(4-2)11(18)12-8(10(16)17)5-6-9(14)15/h1,8H,4-7H2,2H3,(H,12,18)(H,14,15)(H,16,17). The molecule has 0 radical (unpaired) electrons. The van der Waals surface area contributed by atoms with Crippen molar-refractivity contribution in [2.45, 2.75) is 25.8 Å². The van der Waals surface area contributed by atoms with E-state index in [1.807, 2.05) is 0 Å². The topological polar surface area (TPSA) is 107 Å². The summed E-state index contributed by atoms with van der Waals surface area (Å²) in [7, 11) is 0. The maximum atomic E-state index is 11.6. The molecule has 0 aliphatic rings. The lowest BCUT2D eigenvalue weighted by Gasteiger charge is -2.21. The maximum absolute atomic E-state index is 11.6. The minimum atomic E-state index is -1.28. The highest BCUT2D eigenvalue weighted by molar-refractivity contribution is 5.83. The SMILES string of the molecule is C#CCN(CC)C(=O)NC(CCC(=O)O)C(=O)O.